The van der Waals surface area contributed by atoms with Gasteiger partial charge < -0.3 is 20.5 Å². The van der Waals surface area contributed by atoms with Crippen LogP contribution in [0.25, 0.3) is 0 Å². The zero-order chi connectivity index (χ0) is 15.8. The maximum absolute atomic E-state index is 11.9. The van der Waals surface area contributed by atoms with E-state index in [1.165, 1.54) is 19.2 Å². The minimum absolute atomic E-state index is 0.185. The summed E-state index contributed by atoms with van der Waals surface area (Å²) >= 11 is 5.90. The molecular weight excluding hydrogens is 296 g/mol. The number of carbonyl (C=O) groups is 2. The number of anilines is 1. The smallest absolute Gasteiger partial charge is 0.339 e. The number of ether oxygens (including phenoxy) is 2. The number of halogens is 1. The van der Waals surface area contributed by atoms with Gasteiger partial charge in [0.05, 0.1) is 23.7 Å². The Labute approximate surface area is 128 Å². The van der Waals surface area contributed by atoms with Crippen molar-refractivity contribution in [3.8, 4) is 0 Å². The second kappa shape index (κ2) is 8.61. The van der Waals surface area contributed by atoms with Gasteiger partial charge in [0.25, 0.3) is 0 Å². The molecule has 0 aliphatic rings. The van der Waals surface area contributed by atoms with Crippen LogP contribution in [0.2, 0.25) is 5.02 Å². The van der Waals surface area contributed by atoms with Crippen LogP contribution in [0, 0.1) is 0 Å². The monoisotopic (exact) mass is 314 g/mol. The molecule has 1 rings (SSSR count). The van der Waals surface area contributed by atoms with Gasteiger partial charge in [0.2, 0.25) is 5.91 Å². The van der Waals surface area contributed by atoms with Crippen molar-refractivity contribution in [2.75, 3.05) is 26.1 Å². The van der Waals surface area contributed by atoms with Crippen molar-refractivity contribution >= 4 is 29.2 Å². The number of nitrogens with one attached hydrogen (secondary N) is 1. The van der Waals surface area contributed by atoms with E-state index in [0.29, 0.717) is 25.1 Å². The van der Waals surface area contributed by atoms with Gasteiger partial charge in [-0.1, -0.05) is 11.6 Å². The van der Waals surface area contributed by atoms with E-state index in [0.717, 1.165) is 0 Å². The highest BCUT2D eigenvalue weighted by molar-refractivity contribution is 6.33. The van der Waals surface area contributed by atoms with Crippen LogP contribution in [0.3, 0.4) is 0 Å². The number of hydrogen-bond donors (Lipinski definition) is 2. The quantitative estimate of drug-likeness (QED) is 0.592. The number of esters is 1. The summed E-state index contributed by atoms with van der Waals surface area (Å²) in [5, 5.41) is 2.90. The maximum atomic E-state index is 11.9. The fourth-order valence-corrected chi connectivity index (χ4v) is 1.88. The van der Waals surface area contributed by atoms with Crippen molar-refractivity contribution in [2.24, 2.45) is 5.73 Å². The molecule has 21 heavy (non-hydrogen) atoms. The van der Waals surface area contributed by atoms with Crippen LogP contribution in [-0.4, -0.2) is 38.7 Å². The lowest BCUT2D eigenvalue weighted by atomic mass is 10.1. The molecule has 116 valence electrons. The third-order valence-corrected chi connectivity index (χ3v) is 3.17. The van der Waals surface area contributed by atoms with Crippen LogP contribution >= 0.6 is 11.6 Å². The van der Waals surface area contributed by atoms with Gasteiger partial charge in [0, 0.05) is 19.4 Å². The Balaban J connectivity index is 2.70. The molecule has 0 spiro atoms. The Hall–Kier alpha value is -1.63. The average Bonchev–Trinajstić information content (AvgIpc) is 2.48. The summed E-state index contributed by atoms with van der Waals surface area (Å²) in [5.74, 6) is -0.898. The third-order valence-electron chi connectivity index (χ3n) is 2.84. The van der Waals surface area contributed by atoms with Crippen molar-refractivity contribution in [1.82, 2.24) is 0 Å². The number of methoxy groups -OCH3 is 2. The van der Waals surface area contributed by atoms with Gasteiger partial charge in [-0.25, -0.2) is 4.79 Å². The maximum Gasteiger partial charge on any atom is 0.339 e. The lowest BCUT2D eigenvalue weighted by molar-refractivity contribution is -0.117. The zero-order valence-corrected chi connectivity index (χ0v) is 12.8. The van der Waals surface area contributed by atoms with Crippen molar-refractivity contribution < 1.29 is 19.1 Å². The average molecular weight is 315 g/mol. The lowest BCUT2D eigenvalue weighted by Crippen LogP contribution is -2.35. The normalized spacial score (nSPS) is 11.8. The fraction of sp³-hybridized carbons (Fsp3) is 0.429. The highest BCUT2D eigenvalue weighted by Crippen LogP contribution is 2.21. The largest absolute Gasteiger partial charge is 0.465 e. The van der Waals surface area contributed by atoms with E-state index >= 15 is 0 Å². The molecule has 0 aliphatic heterocycles. The number of hydrogen-bond acceptors (Lipinski definition) is 5. The van der Waals surface area contributed by atoms with Crippen LogP contribution in [0.5, 0.6) is 0 Å². The second-order valence-corrected chi connectivity index (χ2v) is 4.82. The number of benzene rings is 1. The van der Waals surface area contributed by atoms with Crippen LogP contribution in [0.15, 0.2) is 18.2 Å². The highest BCUT2D eigenvalue weighted by atomic mass is 35.5. The summed E-state index contributed by atoms with van der Waals surface area (Å²) in [7, 11) is 2.85. The van der Waals surface area contributed by atoms with Crippen molar-refractivity contribution in [3.05, 3.63) is 28.8 Å². The first-order valence-electron chi connectivity index (χ1n) is 6.42. The molecule has 0 heterocycles. The van der Waals surface area contributed by atoms with E-state index in [1.807, 2.05) is 0 Å². The van der Waals surface area contributed by atoms with Gasteiger partial charge in [0.1, 0.15) is 0 Å². The molecule has 0 saturated carbocycles. The summed E-state index contributed by atoms with van der Waals surface area (Å²) in [6.45, 7) is 0.550. The molecule has 1 aromatic rings. The molecule has 7 heteroatoms. The molecule has 1 amide bonds. The third kappa shape index (κ3) is 5.34. The predicted molar refractivity (Wildman–Crippen MR) is 80.5 cm³/mol. The Morgan fingerprint density at radius 2 is 2.10 bits per heavy atom. The minimum Gasteiger partial charge on any atom is -0.465 e. The van der Waals surface area contributed by atoms with E-state index in [-0.39, 0.29) is 16.5 Å². The molecule has 1 unspecified atom stereocenters. The molecular formula is C14H19ClN2O4. The summed E-state index contributed by atoms with van der Waals surface area (Å²) in [6.07, 6.45) is 1.20. The molecule has 1 aromatic carbocycles. The van der Waals surface area contributed by atoms with Gasteiger partial charge in [-0.2, -0.15) is 0 Å². The van der Waals surface area contributed by atoms with Gasteiger partial charge in [-0.05, 0) is 31.0 Å². The molecule has 0 aromatic heterocycles. The summed E-state index contributed by atoms with van der Waals surface area (Å²) in [5.41, 5.74) is 6.40. The van der Waals surface area contributed by atoms with Gasteiger partial charge >= 0.3 is 5.97 Å². The van der Waals surface area contributed by atoms with E-state index in [9.17, 15) is 9.59 Å². The zero-order valence-electron chi connectivity index (χ0n) is 12.0. The number of carbonyl (C=O) groups excluding carboxylic acids is 2. The molecule has 3 N–H and O–H groups in total. The topological polar surface area (TPSA) is 90.6 Å². The van der Waals surface area contributed by atoms with Gasteiger partial charge in [0.15, 0.2) is 0 Å². The molecule has 0 bridgehead atoms. The number of nitrogens with two attached hydrogens (primary N) is 1. The summed E-state index contributed by atoms with van der Waals surface area (Å²) < 4.78 is 9.52. The first-order valence-corrected chi connectivity index (χ1v) is 6.80. The Bertz CT molecular complexity index is 508. The first kappa shape index (κ1) is 17.4. The Morgan fingerprint density at radius 3 is 2.71 bits per heavy atom. The van der Waals surface area contributed by atoms with Gasteiger partial charge in [-0.3, -0.25) is 4.79 Å². The molecule has 1 atom stereocenters. The summed E-state index contributed by atoms with van der Waals surface area (Å²) in [4.78, 5) is 23.4. The summed E-state index contributed by atoms with van der Waals surface area (Å²) in [6, 6.07) is 3.92. The fourth-order valence-electron chi connectivity index (χ4n) is 1.68. The molecule has 0 saturated heterocycles. The molecule has 0 radical (unpaired) electrons. The van der Waals surface area contributed by atoms with Crippen molar-refractivity contribution in [3.63, 3.8) is 0 Å². The van der Waals surface area contributed by atoms with Crippen LogP contribution in [0.1, 0.15) is 23.2 Å². The standard InChI is InChI=1S/C14H19ClN2O4/c1-20-7-3-4-12(16)13(18)17-9-5-6-11(15)10(8-9)14(19)21-2/h5-6,8,12H,3-4,7,16H2,1-2H3,(H,17,18). The lowest BCUT2D eigenvalue weighted by Gasteiger charge is -2.13. The first-order chi connectivity index (χ1) is 9.99. The van der Waals surface area contributed by atoms with Gasteiger partial charge in [-0.15, -0.1) is 0 Å². The van der Waals surface area contributed by atoms with Crippen LogP contribution in [0.4, 0.5) is 5.69 Å². The second-order valence-electron chi connectivity index (χ2n) is 4.42. The number of amides is 1. The molecule has 0 fully saturated rings. The van der Waals surface area contributed by atoms with Crippen LogP contribution in [-0.2, 0) is 14.3 Å². The Morgan fingerprint density at radius 1 is 1.38 bits per heavy atom. The molecule has 6 nitrogen and oxygen atoms in total. The SMILES string of the molecule is COCCCC(N)C(=O)Nc1ccc(Cl)c(C(=O)OC)c1. The van der Waals surface area contributed by atoms with E-state index in [1.54, 1.807) is 13.2 Å². The van der Waals surface area contributed by atoms with E-state index in [2.05, 4.69) is 10.1 Å². The Kier molecular flexibility index (Phi) is 7.14. The van der Waals surface area contributed by atoms with E-state index < -0.39 is 12.0 Å². The minimum atomic E-state index is -0.641. The van der Waals surface area contributed by atoms with E-state index in [4.69, 9.17) is 22.1 Å². The highest BCUT2D eigenvalue weighted by Gasteiger charge is 2.16. The predicted octanol–water partition coefficient (Wildman–Crippen LogP) is 1.82. The van der Waals surface area contributed by atoms with Crippen molar-refractivity contribution in [1.29, 1.82) is 0 Å². The molecule has 0 aliphatic carbocycles. The van der Waals surface area contributed by atoms with Crippen LogP contribution < -0.4 is 11.1 Å². The van der Waals surface area contributed by atoms with Crippen molar-refractivity contribution in [2.45, 2.75) is 18.9 Å². The number of rotatable bonds is 7.